The van der Waals surface area contributed by atoms with E-state index in [1.807, 2.05) is 24.3 Å². The Morgan fingerprint density at radius 2 is 1.83 bits per heavy atom. The average molecular weight is 254 g/mol. The van der Waals surface area contributed by atoms with Gasteiger partial charge in [0.05, 0.1) is 6.20 Å². The molecule has 4 aromatic rings. The number of benzene rings is 2. The Bertz CT molecular complexity index is 895. The van der Waals surface area contributed by atoms with Crippen LogP contribution in [-0.2, 0) is 0 Å². The smallest absolute Gasteiger partial charge is 0.153 e. The van der Waals surface area contributed by atoms with Crippen molar-refractivity contribution < 1.29 is 4.42 Å². The van der Waals surface area contributed by atoms with E-state index in [4.69, 9.17) is 16.0 Å². The molecule has 2 heterocycles. The normalized spacial score (nSPS) is 11.6. The fourth-order valence-electron chi connectivity index (χ4n) is 2.43. The lowest BCUT2D eigenvalue weighted by Gasteiger charge is -1.98. The second kappa shape index (κ2) is 3.47. The van der Waals surface area contributed by atoms with E-state index in [1.165, 1.54) is 10.8 Å². The summed E-state index contributed by atoms with van der Waals surface area (Å²) in [5.41, 5.74) is 1.64. The van der Waals surface area contributed by atoms with Crippen LogP contribution in [0.1, 0.15) is 0 Å². The molecule has 0 unspecified atom stereocenters. The summed E-state index contributed by atoms with van der Waals surface area (Å²) in [5.74, 6) is 0. The lowest BCUT2D eigenvalue weighted by atomic mass is 10.0. The van der Waals surface area contributed by atoms with Gasteiger partial charge in [0.2, 0.25) is 0 Å². The van der Waals surface area contributed by atoms with Crippen LogP contribution in [0.2, 0.25) is 5.15 Å². The van der Waals surface area contributed by atoms with Crippen LogP contribution in [0.25, 0.3) is 32.7 Å². The molecule has 3 heteroatoms. The minimum Gasteiger partial charge on any atom is -0.454 e. The summed E-state index contributed by atoms with van der Waals surface area (Å²) >= 11 is 5.97. The van der Waals surface area contributed by atoms with Crippen LogP contribution in [0.15, 0.2) is 53.1 Å². The lowest BCUT2D eigenvalue weighted by molar-refractivity contribution is 0.667. The van der Waals surface area contributed by atoms with Crippen LogP contribution in [0.3, 0.4) is 0 Å². The highest BCUT2D eigenvalue weighted by Crippen LogP contribution is 2.34. The molecule has 18 heavy (non-hydrogen) atoms. The number of aromatic nitrogens is 1. The third kappa shape index (κ3) is 1.27. The zero-order valence-electron chi connectivity index (χ0n) is 9.35. The van der Waals surface area contributed by atoms with E-state index in [0.717, 1.165) is 21.9 Å². The molecule has 0 fully saturated rings. The Morgan fingerprint density at radius 1 is 0.944 bits per heavy atom. The van der Waals surface area contributed by atoms with Crippen molar-refractivity contribution in [2.45, 2.75) is 0 Å². The van der Waals surface area contributed by atoms with E-state index in [1.54, 1.807) is 6.20 Å². The maximum absolute atomic E-state index is 5.97. The van der Waals surface area contributed by atoms with Gasteiger partial charge < -0.3 is 4.42 Å². The number of pyridine rings is 1. The first-order valence-electron chi connectivity index (χ1n) is 5.68. The van der Waals surface area contributed by atoms with E-state index in [9.17, 15) is 0 Å². The van der Waals surface area contributed by atoms with E-state index in [2.05, 4.69) is 23.2 Å². The summed E-state index contributed by atoms with van der Waals surface area (Å²) in [6.07, 6.45) is 1.67. The molecule has 2 aromatic heterocycles. The minimum atomic E-state index is 0.484. The largest absolute Gasteiger partial charge is 0.454 e. The quantitative estimate of drug-likeness (QED) is 0.421. The highest BCUT2D eigenvalue weighted by molar-refractivity contribution is 6.31. The fourth-order valence-corrected chi connectivity index (χ4v) is 2.58. The van der Waals surface area contributed by atoms with Crippen LogP contribution in [0, 0.1) is 0 Å². The van der Waals surface area contributed by atoms with Gasteiger partial charge in [-0.1, -0.05) is 41.9 Å². The van der Waals surface area contributed by atoms with Crippen LogP contribution in [-0.4, -0.2) is 4.98 Å². The maximum atomic E-state index is 5.97. The van der Waals surface area contributed by atoms with Crippen molar-refractivity contribution >= 4 is 44.3 Å². The standard InChI is InChI=1S/C15H8ClNO/c16-14-7-11-13(8-17-14)18-12-6-5-9-3-1-2-4-10(9)15(11)12/h1-8H. The second-order valence-corrected chi connectivity index (χ2v) is 4.65. The van der Waals surface area contributed by atoms with Crippen molar-refractivity contribution in [3.63, 3.8) is 0 Å². The SMILES string of the molecule is Clc1cc2c(cn1)oc1ccc3ccccc3c12. The first-order chi connectivity index (χ1) is 8.83. The van der Waals surface area contributed by atoms with Gasteiger partial charge in [0.15, 0.2) is 5.58 Å². The molecule has 2 nitrogen and oxygen atoms in total. The number of hydrogen-bond acceptors (Lipinski definition) is 2. The van der Waals surface area contributed by atoms with Crippen LogP contribution in [0.5, 0.6) is 0 Å². The number of hydrogen-bond donors (Lipinski definition) is 0. The van der Waals surface area contributed by atoms with Gasteiger partial charge in [0.25, 0.3) is 0 Å². The summed E-state index contributed by atoms with van der Waals surface area (Å²) in [4.78, 5) is 4.05. The molecule has 0 aliphatic heterocycles. The van der Waals surface area contributed by atoms with Crippen LogP contribution >= 0.6 is 11.6 Å². The number of rotatable bonds is 0. The summed E-state index contributed by atoms with van der Waals surface area (Å²) in [5, 5.41) is 4.98. The minimum absolute atomic E-state index is 0.484. The third-order valence-corrected chi connectivity index (χ3v) is 3.42. The average Bonchev–Trinajstić information content (AvgIpc) is 2.77. The van der Waals surface area contributed by atoms with Crippen molar-refractivity contribution in [1.82, 2.24) is 4.98 Å². The van der Waals surface area contributed by atoms with Gasteiger partial charge in [0, 0.05) is 10.8 Å². The van der Waals surface area contributed by atoms with Crippen molar-refractivity contribution in [3.05, 3.63) is 53.8 Å². The molecule has 86 valence electrons. The predicted molar refractivity (Wildman–Crippen MR) is 74.0 cm³/mol. The Balaban J connectivity index is 2.35. The Morgan fingerprint density at radius 3 is 2.78 bits per heavy atom. The summed E-state index contributed by atoms with van der Waals surface area (Å²) in [7, 11) is 0. The van der Waals surface area contributed by atoms with Gasteiger partial charge in [-0.05, 0) is 22.9 Å². The van der Waals surface area contributed by atoms with E-state index < -0.39 is 0 Å². The molecule has 4 rings (SSSR count). The Labute approximate surface area is 108 Å². The molecule has 0 aliphatic carbocycles. The van der Waals surface area contributed by atoms with E-state index in [0.29, 0.717) is 5.15 Å². The van der Waals surface area contributed by atoms with Crippen molar-refractivity contribution in [2.75, 3.05) is 0 Å². The molecule has 0 spiro atoms. The zero-order valence-corrected chi connectivity index (χ0v) is 10.1. The molecule has 0 aliphatic rings. The van der Waals surface area contributed by atoms with E-state index >= 15 is 0 Å². The first kappa shape index (κ1) is 9.92. The van der Waals surface area contributed by atoms with Gasteiger partial charge in [-0.25, -0.2) is 4.98 Å². The molecule has 2 aromatic carbocycles. The van der Waals surface area contributed by atoms with Gasteiger partial charge in [0.1, 0.15) is 10.7 Å². The third-order valence-electron chi connectivity index (χ3n) is 3.21. The lowest BCUT2D eigenvalue weighted by Crippen LogP contribution is -1.75. The van der Waals surface area contributed by atoms with Crippen molar-refractivity contribution in [1.29, 1.82) is 0 Å². The van der Waals surface area contributed by atoms with Crippen LogP contribution in [0.4, 0.5) is 0 Å². The number of halogens is 1. The number of furan rings is 1. The highest BCUT2D eigenvalue weighted by Gasteiger charge is 2.10. The van der Waals surface area contributed by atoms with Crippen molar-refractivity contribution in [3.8, 4) is 0 Å². The molecule has 0 saturated heterocycles. The summed E-state index contributed by atoms with van der Waals surface area (Å²) in [6.45, 7) is 0. The molecule has 0 amide bonds. The molecule has 0 N–H and O–H groups in total. The number of fused-ring (bicyclic) bond motifs is 5. The number of nitrogens with zero attached hydrogens (tertiary/aromatic N) is 1. The Hall–Kier alpha value is -2.06. The van der Waals surface area contributed by atoms with Gasteiger partial charge in [-0.3, -0.25) is 0 Å². The molecule has 0 atom stereocenters. The molecule has 0 bridgehead atoms. The maximum Gasteiger partial charge on any atom is 0.153 e. The first-order valence-corrected chi connectivity index (χ1v) is 6.06. The predicted octanol–water partition coefficient (Wildman–Crippen LogP) is 4.79. The topological polar surface area (TPSA) is 26.0 Å². The van der Waals surface area contributed by atoms with Gasteiger partial charge >= 0.3 is 0 Å². The molecule has 0 saturated carbocycles. The molecule has 0 radical (unpaired) electrons. The van der Waals surface area contributed by atoms with E-state index in [-0.39, 0.29) is 0 Å². The molecular weight excluding hydrogens is 246 g/mol. The van der Waals surface area contributed by atoms with Gasteiger partial charge in [-0.15, -0.1) is 0 Å². The monoisotopic (exact) mass is 253 g/mol. The highest BCUT2D eigenvalue weighted by atomic mass is 35.5. The second-order valence-electron chi connectivity index (χ2n) is 4.27. The summed E-state index contributed by atoms with van der Waals surface area (Å²) in [6, 6.07) is 14.2. The summed E-state index contributed by atoms with van der Waals surface area (Å²) < 4.78 is 5.79. The fraction of sp³-hybridized carbons (Fsp3) is 0. The Kier molecular flexibility index (Phi) is 1.91. The zero-order chi connectivity index (χ0) is 12.1. The molecular formula is C15H8ClNO. The van der Waals surface area contributed by atoms with Crippen molar-refractivity contribution in [2.24, 2.45) is 0 Å². The van der Waals surface area contributed by atoms with Crippen LogP contribution < -0.4 is 0 Å². The van der Waals surface area contributed by atoms with Gasteiger partial charge in [-0.2, -0.15) is 0 Å².